The average molecular weight is 293 g/mol. The van der Waals surface area contributed by atoms with Gasteiger partial charge in [-0.25, -0.2) is 0 Å². The molecule has 2 fully saturated rings. The van der Waals surface area contributed by atoms with Gasteiger partial charge in [0, 0.05) is 25.6 Å². The Morgan fingerprint density at radius 1 is 1.30 bits per heavy atom. The first-order valence-electron chi connectivity index (χ1n) is 6.74. The minimum atomic E-state index is -1.23. The molecule has 2 heterocycles. The predicted octanol–water partition coefficient (Wildman–Crippen LogP) is -3.23. The summed E-state index contributed by atoms with van der Waals surface area (Å²) < 4.78 is 10.2. The van der Waals surface area contributed by atoms with Crippen molar-refractivity contribution in [3.05, 3.63) is 0 Å². The zero-order valence-electron chi connectivity index (χ0n) is 11.3. The van der Waals surface area contributed by atoms with Crippen LogP contribution in [-0.2, 0) is 9.47 Å². The number of aliphatic hydroxyl groups is 5. The SMILES string of the molecule is CO[C@@H]1O[C@H](CO)[C@@H](O)[C@H]([C@@H](O)[C@@H]2C[C@@H](O)CN2)[C@H]1O. The molecule has 118 valence electrons. The topological polar surface area (TPSA) is 132 Å². The predicted molar refractivity (Wildman–Crippen MR) is 66.7 cm³/mol. The molecule has 0 aromatic heterocycles. The van der Waals surface area contributed by atoms with Crippen molar-refractivity contribution in [3.63, 3.8) is 0 Å². The van der Waals surface area contributed by atoms with Gasteiger partial charge in [-0.3, -0.25) is 0 Å². The van der Waals surface area contributed by atoms with E-state index in [1.54, 1.807) is 0 Å². The van der Waals surface area contributed by atoms with E-state index in [0.29, 0.717) is 13.0 Å². The van der Waals surface area contributed by atoms with Gasteiger partial charge in [-0.15, -0.1) is 0 Å². The summed E-state index contributed by atoms with van der Waals surface area (Å²) in [5, 5.41) is 52.3. The normalized spacial score (nSPS) is 47.4. The van der Waals surface area contributed by atoms with Crippen molar-refractivity contribution >= 4 is 0 Å². The number of ether oxygens (including phenoxy) is 2. The summed E-state index contributed by atoms with van der Waals surface area (Å²) in [6, 6.07) is -0.436. The highest BCUT2D eigenvalue weighted by Gasteiger charge is 2.50. The van der Waals surface area contributed by atoms with Gasteiger partial charge < -0.3 is 40.3 Å². The van der Waals surface area contributed by atoms with Gasteiger partial charge in [-0.2, -0.15) is 0 Å². The van der Waals surface area contributed by atoms with Crippen LogP contribution < -0.4 is 5.32 Å². The van der Waals surface area contributed by atoms with Crippen LogP contribution in [-0.4, -0.2) is 88.6 Å². The van der Waals surface area contributed by atoms with Crippen molar-refractivity contribution in [2.45, 2.75) is 49.3 Å². The Kier molecular flexibility index (Phi) is 5.32. The second kappa shape index (κ2) is 6.63. The summed E-state index contributed by atoms with van der Waals surface area (Å²) in [6.07, 6.45) is -5.73. The summed E-state index contributed by atoms with van der Waals surface area (Å²) >= 11 is 0. The van der Waals surface area contributed by atoms with E-state index in [-0.39, 0.29) is 0 Å². The Hall–Kier alpha value is -0.320. The lowest BCUT2D eigenvalue weighted by atomic mass is 9.81. The Bertz CT molecular complexity index is 302. The fraction of sp³-hybridized carbons (Fsp3) is 1.00. The van der Waals surface area contributed by atoms with Crippen molar-refractivity contribution < 1.29 is 35.0 Å². The molecule has 20 heavy (non-hydrogen) atoms. The molecule has 0 saturated carbocycles. The molecule has 0 amide bonds. The van der Waals surface area contributed by atoms with Crippen LogP contribution in [0.1, 0.15) is 6.42 Å². The largest absolute Gasteiger partial charge is 0.394 e. The molecule has 0 bridgehead atoms. The van der Waals surface area contributed by atoms with E-state index < -0.39 is 55.4 Å². The van der Waals surface area contributed by atoms with E-state index in [9.17, 15) is 25.5 Å². The van der Waals surface area contributed by atoms with Gasteiger partial charge in [0.25, 0.3) is 0 Å². The summed E-state index contributed by atoms with van der Waals surface area (Å²) in [4.78, 5) is 0. The highest BCUT2D eigenvalue weighted by Crippen LogP contribution is 2.31. The second-order valence-corrected chi connectivity index (χ2v) is 5.41. The monoisotopic (exact) mass is 293 g/mol. The Labute approximate surface area is 116 Å². The molecule has 2 rings (SSSR count). The summed E-state index contributed by atoms with van der Waals surface area (Å²) in [6.45, 7) is -0.0913. The van der Waals surface area contributed by atoms with Crippen molar-refractivity contribution in [1.29, 1.82) is 0 Å². The minimum absolute atomic E-state index is 0.333. The molecule has 0 spiro atoms. The number of aliphatic hydroxyl groups excluding tert-OH is 5. The zero-order valence-corrected chi connectivity index (χ0v) is 11.3. The maximum Gasteiger partial charge on any atom is 0.184 e. The molecule has 8 heteroatoms. The van der Waals surface area contributed by atoms with E-state index in [1.165, 1.54) is 7.11 Å². The van der Waals surface area contributed by atoms with Crippen molar-refractivity contribution in [3.8, 4) is 0 Å². The summed E-state index contributed by atoms with van der Waals surface area (Å²) in [7, 11) is 1.33. The van der Waals surface area contributed by atoms with Crippen LogP contribution in [0.25, 0.3) is 0 Å². The fourth-order valence-electron chi connectivity index (χ4n) is 2.99. The molecule has 8 nitrogen and oxygen atoms in total. The summed E-state index contributed by atoms with van der Waals surface area (Å²) in [5.41, 5.74) is 0. The second-order valence-electron chi connectivity index (χ2n) is 5.41. The molecular weight excluding hydrogens is 270 g/mol. The Morgan fingerprint density at radius 3 is 2.50 bits per heavy atom. The Balaban J connectivity index is 2.12. The lowest BCUT2D eigenvalue weighted by Gasteiger charge is -2.44. The number of rotatable bonds is 4. The molecule has 6 N–H and O–H groups in total. The number of nitrogens with one attached hydrogen (secondary N) is 1. The molecule has 2 aliphatic rings. The van der Waals surface area contributed by atoms with E-state index in [2.05, 4.69) is 5.32 Å². The Morgan fingerprint density at radius 2 is 2.00 bits per heavy atom. The summed E-state index contributed by atoms with van der Waals surface area (Å²) in [5.74, 6) is -0.936. The van der Waals surface area contributed by atoms with Crippen molar-refractivity contribution in [2.24, 2.45) is 5.92 Å². The molecule has 0 unspecified atom stereocenters. The number of β-amino-alcohol motifs (C(OH)–C–C–N with tert-alkyl or cyclic N) is 1. The molecular formula is C12H23NO7. The van der Waals surface area contributed by atoms with E-state index in [1.807, 2.05) is 0 Å². The fourth-order valence-corrected chi connectivity index (χ4v) is 2.99. The van der Waals surface area contributed by atoms with Gasteiger partial charge in [0.15, 0.2) is 6.29 Å². The maximum absolute atomic E-state index is 10.4. The number of hydrogen-bond acceptors (Lipinski definition) is 8. The zero-order chi connectivity index (χ0) is 14.9. The first kappa shape index (κ1) is 16.1. The van der Waals surface area contributed by atoms with Crippen LogP contribution >= 0.6 is 0 Å². The molecule has 0 radical (unpaired) electrons. The lowest BCUT2D eigenvalue weighted by Crippen LogP contribution is -2.61. The van der Waals surface area contributed by atoms with Gasteiger partial charge in [-0.05, 0) is 6.42 Å². The number of methoxy groups -OCH3 is 1. The van der Waals surface area contributed by atoms with Crippen molar-refractivity contribution in [1.82, 2.24) is 5.32 Å². The van der Waals surface area contributed by atoms with E-state index in [0.717, 1.165) is 0 Å². The van der Waals surface area contributed by atoms with Crippen LogP contribution in [0.3, 0.4) is 0 Å². The third-order valence-electron chi connectivity index (χ3n) is 4.12. The molecule has 0 aromatic rings. The van der Waals surface area contributed by atoms with Crippen LogP contribution in [0.15, 0.2) is 0 Å². The molecule has 0 aromatic carbocycles. The third-order valence-corrected chi connectivity index (χ3v) is 4.12. The maximum atomic E-state index is 10.4. The first-order chi connectivity index (χ1) is 9.49. The first-order valence-corrected chi connectivity index (χ1v) is 6.74. The van der Waals surface area contributed by atoms with E-state index >= 15 is 0 Å². The highest BCUT2D eigenvalue weighted by atomic mass is 16.7. The third kappa shape index (κ3) is 2.97. The van der Waals surface area contributed by atoms with Crippen LogP contribution in [0.2, 0.25) is 0 Å². The van der Waals surface area contributed by atoms with Gasteiger partial charge in [0.05, 0.1) is 24.9 Å². The van der Waals surface area contributed by atoms with Crippen molar-refractivity contribution in [2.75, 3.05) is 20.3 Å². The van der Waals surface area contributed by atoms with Gasteiger partial charge in [0.2, 0.25) is 0 Å². The quantitative estimate of drug-likeness (QED) is 0.319. The smallest absolute Gasteiger partial charge is 0.184 e. The highest BCUT2D eigenvalue weighted by molar-refractivity contribution is 4.98. The molecule has 2 aliphatic heterocycles. The standard InChI is InChI=1S/C12H23NO7/c1-19-12-11(18)8(10(17)7(4-14)20-12)9(16)6-2-5(15)3-13-6/h5-18H,2-4H2,1H3/t5-,6+,7-,8+,9+,10-,11-,12-/m1/s1. The minimum Gasteiger partial charge on any atom is -0.394 e. The molecule has 2 saturated heterocycles. The van der Waals surface area contributed by atoms with Crippen LogP contribution in [0.4, 0.5) is 0 Å². The van der Waals surface area contributed by atoms with Gasteiger partial charge in [0.1, 0.15) is 12.2 Å². The molecule has 8 atom stereocenters. The van der Waals surface area contributed by atoms with Gasteiger partial charge >= 0.3 is 0 Å². The average Bonchev–Trinajstić information content (AvgIpc) is 2.86. The van der Waals surface area contributed by atoms with Crippen LogP contribution in [0, 0.1) is 5.92 Å². The van der Waals surface area contributed by atoms with E-state index in [4.69, 9.17) is 9.47 Å². The van der Waals surface area contributed by atoms with Crippen LogP contribution in [0.5, 0.6) is 0 Å². The molecule has 0 aliphatic carbocycles. The lowest BCUT2D eigenvalue weighted by molar-refractivity contribution is -0.294. The van der Waals surface area contributed by atoms with Gasteiger partial charge in [-0.1, -0.05) is 0 Å². The number of hydrogen-bond donors (Lipinski definition) is 6.